The fourth-order valence-electron chi connectivity index (χ4n) is 8.05. The van der Waals surface area contributed by atoms with Gasteiger partial charge in [0.2, 0.25) is 0 Å². The average molecular weight is 515 g/mol. The third-order valence-electron chi connectivity index (χ3n) is 7.03. The van der Waals surface area contributed by atoms with Crippen LogP contribution < -0.4 is 0 Å². The third-order valence-corrected chi connectivity index (χ3v) is 20.7. The van der Waals surface area contributed by atoms with E-state index in [0.717, 1.165) is 0 Å². The van der Waals surface area contributed by atoms with Gasteiger partial charge in [-0.25, -0.2) is 9.59 Å². The quantitative estimate of drug-likeness (QED) is 0.271. The average Bonchev–Trinajstić information content (AvgIpc) is 2.48. The minimum absolute atomic E-state index is 0.262. The SMILES string of the molecule is CC(C)(C)[Si](OC(=O)/N=N/C(=O)O[Si](C(C)(C)C)(C(C)(C)C)C(C)(C)C)(C(C)(C)C)C(C)(C)C. The van der Waals surface area contributed by atoms with Crippen LogP contribution in [0.5, 0.6) is 0 Å². The van der Waals surface area contributed by atoms with Crippen LogP contribution in [0.25, 0.3) is 0 Å². The van der Waals surface area contributed by atoms with Crippen LogP contribution in [0.1, 0.15) is 125 Å². The molecule has 0 atom stereocenters. The van der Waals surface area contributed by atoms with Gasteiger partial charge in [0.05, 0.1) is 0 Å². The Hall–Kier alpha value is -1.03. The first kappa shape index (κ1) is 33.0. The fourth-order valence-corrected chi connectivity index (χ4v) is 24.0. The molecule has 0 rings (SSSR count). The van der Waals surface area contributed by atoms with Gasteiger partial charge in [-0.05, 0) is 30.2 Å². The van der Waals surface area contributed by atoms with Crippen molar-refractivity contribution in [2.45, 2.75) is 155 Å². The first-order valence-corrected chi connectivity index (χ1v) is 16.2. The summed E-state index contributed by atoms with van der Waals surface area (Å²) in [5.41, 5.74) is 0. The summed E-state index contributed by atoms with van der Waals surface area (Å²) >= 11 is 0. The van der Waals surface area contributed by atoms with Crippen molar-refractivity contribution >= 4 is 28.8 Å². The number of hydrogen-bond acceptors (Lipinski definition) is 4. The lowest BCUT2D eigenvalue weighted by atomic mass is 10.2. The highest BCUT2D eigenvalue weighted by Gasteiger charge is 2.66. The highest BCUT2D eigenvalue weighted by Crippen LogP contribution is 2.63. The predicted octanol–water partition coefficient (Wildman–Crippen LogP) is 10.4. The van der Waals surface area contributed by atoms with E-state index in [-0.39, 0.29) is 30.2 Å². The summed E-state index contributed by atoms with van der Waals surface area (Å²) in [6, 6.07) is 0. The molecule has 0 aliphatic rings. The van der Waals surface area contributed by atoms with E-state index in [9.17, 15) is 9.59 Å². The summed E-state index contributed by atoms with van der Waals surface area (Å²) in [6.45, 7) is 38.1. The van der Waals surface area contributed by atoms with Gasteiger partial charge in [0.25, 0.3) is 16.6 Å². The van der Waals surface area contributed by atoms with E-state index < -0.39 is 28.8 Å². The van der Waals surface area contributed by atoms with Crippen LogP contribution in [0.15, 0.2) is 10.2 Å². The summed E-state index contributed by atoms with van der Waals surface area (Å²) in [7, 11) is -5.64. The van der Waals surface area contributed by atoms with Crippen molar-refractivity contribution < 1.29 is 18.4 Å². The second kappa shape index (κ2) is 9.45. The molecule has 0 unspecified atom stereocenters. The normalized spacial score (nSPS) is 15.5. The van der Waals surface area contributed by atoms with E-state index >= 15 is 0 Å². The van der Waals surface area contributed by atoms with E-state index in [1.165, 1.54) is 0 Å². The van der Waals surface area contributed by atoms with Crippen molar-refractivity contribution in [2.75, 3.05) is 0 Å². The van der Waals surface area contributed by atoms with Gasteiger partial charge in [0.15, 0.2) is 0 Å². The Morgan fingerprint density at radius 3 is 0.676 bits per heavy atom. The minimum Gasteiger partial charge on any atom is -0.499 e. The van der Waals surface area contributed by atoms with Crippen molar-refractivity contribution in [3.8, 4) is 0 Å². The molecule has 0 fully saturated rings. The standard InChI is InChI=1S/C26H54N2O4Si2/c1-21(2,3)33(22(4,5)6,23(7,8)9)31-19(29)27-28-20(30)32-34(24(10,11)12,25(13,14)15)26(16,17)18/h1-18H3/b28-27+. The zero-order valence-electron chi connectivity index (χ0n) is 25.5. The van der Waals surface area contributed by atoms with E-state index in [2.05, 4.69) is 135 Å². The third kappa shape index (κ3) is 6.02. The molecule has 0 aliphatic carbocycles. The van der Waals surface area contributed by atoms with Crippen LogP contribution in [0.3, 0.4) is 0 Å². The van der Waals surface area contributed by atoms with Crippen molar-refractivity contribution in [3.05, 3.63) is 0 Å². The lowest BCUT2D eigenvalue weighted by Crippen LogP contribution is -2.61. The molecule has 0 heterocycles. The Kier molecular flexibility index (Phi) is 9.16. The topological polar surface area (TPSA) is 77.3 Å². The number of nitrogens with zero attached hydrogens (tertiary/aromatic N) is 2. The summed E-state index contributed by atoms with van der Waals surface area (Å²) in [4.78, 5) is 26.0. The Bertz CT molecular complexity index is 640. The molecule has 0 saturated heterocycles. The fraction of sp³-hybridized carbons (Fsp3) is 0.923. The molecule has 0 radical (unpaired) electrons. The zero-order valence-corrected chi connectivity index (χ0v) is 27.5. The molecule has 2 amide bonds. The molecule has 0 saturated carbocycles. The molecule has 0 aromatic heterocycles. The van der Waals surface area contributed by atoms with Crippen LogP contribution in [0.4, 0.5) is 9.59 Å². The van der Waals surface area contributed by atoms with Gasteiger partial charge in [-0.15, -0.1) is 0 Å². The maximum Gasteiger partial charge on any atom is 0.439 e. The smallest absolute Gasteiger partial charge is 0.439 e. The number of carbonyl (C=O) groups is 2. The number of amides is 2. The van der Waals surface area contributed by atoms with Gasteiger partial charge >= 0.3 is 12.2 Å². The number of carbonyl (C=O) groups excluding carboxylic acids is 2. The van der Waals surface area contributed by atoms with Gasteiger partial charge in [-0.1, -0.05) is 135 Å². The van der Waals surface area contributed by atoms with E-state index in [0.29, 0.717) is 0 Å². The van der Waals surface area contributed by atoms with Crippen LogP contribution in [0, 0.1) is 0 Å². The molecule has 0 N–H and O–H groups in total. The summed E-state index contributed by atoms with van der Waals surface area (Å²) in [5.74, 6) is 0. The Morgan fingerprint density at radius 2 is 0.559 bits per heavy atom. The monoisotopic (exact) mass is 514 g/mol. The molecule has 0 bridgehead atoms. The molecular formula is C26H54N2O4Si2. The van der Waals surface area contributed by atoms with E-state index in [1.807, 2.05) is 0 Å². The first-order valence-electron chi connectivity index (χ1n) is 12.4. The molecule has 6 nitrogen and oxygen atoms in total. The molecule has 200 valence electrons. The number of azo groups is 1. The van der Waals surface area contributed by atoms with E-state index in [1.54, 1.807) is 0 Å². The van der Waals surface area contributed by atoms with Gasteiger partial charge in [0.1, 0.15) is 0 Å². The highest BCUT2D eigenvalue weighted by molar-refractivity contribution is 6.83. The second-order valence-electron chi connectivity index (χ2n) is 15.8. The largest absolute Gasteiger partial charge is 0.499 e. The predicted molar refractivity (Wildman–Crippen MR) is 148 cm³/mol. The van der Waals surface area contributed by atoms with Gasteiger partial charge in [-0.2, -0.15) is 0 Å². The molecule has 34 heavy (non-hydrogen) atoms. The highest BCUT2D eigenvalue weighted by atomic mass is 28.4. The number of hydrogen-bond donors (Lipinski definition) is 0. The lowest BCUT2D eigenvalue weighted by molar-refractivity contribution is 0.184. The molecule has 8 heteroatoms. The van der Waals surface area contributed by atoms with Crippen LogP contribution in [-0.4, -0.2) is 28.8 Å². The lowest BCUT2D eigenvalue weighted by Gasteiger charge is -2.56. The van der Waals surface area contributed by atoms with Gasteiger partial charge < -0.3 is 8.85 Å². The molecular weight excluding hydrogens is 460 g/mol. The molecule has 0 aromatic rings. The summed E-state index contributed by atoms with van der Waals surface area (Å²) < 4.78 is 12.5. The number of rotatable bonds is 2. The van der Waals surface area contributed by atoms with Gasteiger partial charge in [-0.3, -0.25) is 0 Å². The summed E-state index contributed by atoms with van der Waals surface area (Å²) in [5, 5.41) is 5.88. The van der Waals surface area contributed by atoms with Crippen LogP contribution >= 0.6 is 0 Å². The van der Waals surface area contributed by atoms with Crippen molar-refractivity contribution in [3.63, 3.8) is 0 Å². The van der Waals surface area contributed by atoms with Crippen molar-refractivity contribution in [1.29, 1.82) is 0 Å². The maximum atomic E-state index is 13.0. The Morgan fingerprint density at radius 1 is 0.412 bits per heavy atom. The summed E-state index contributed by atoms with van der Waals surface area (Å²) in [6.07, 6.45) is -1.64. The van der Waals surface area contributed by atoms with Crippen LogP contribution in [-0.2, 0) is 8.85 Å². The van der Waals surface area contributed by atoms with Crippen molar-refractivity contribution in [1.82, 2.24) is 0 Å². The second-order valence-corrected chi connectivity index (χ2v) is 27.9. The Balaban J connectivity index is 6.31. The maximum absolute atomic E-state index is 13.0. The molecule has 0 spiro atoms. The van der Waals surface area contributed by atoms with Crippen molar-refractivity contribution in [2.24, 2.45) is 10.2 Å². The van der Waals surface area contributed by atoms with Crippen LogP contribution in [0.2, 0.25) is 30.2 Å². The Labute approximate surface area is 212 Å². The molecule has 0 aromatic carbocycles. The van der Waals surface area contributed by atoms with E-state index in [4.69, 9.17) is 8.85 Å². The first-order chi connectivity index (χ1) is 14.5. The minimum atomic E-state index is -2.82. The van der Waals surface area contributed by atoms with Gasteiger partial charge in [0, 0.05) is 0 Å². The molecule has 0 aliphatic heterocycles. The zero-order chi connectivity index (χ0) is 28.0.